The van der Waals surface area contributed by atoms with E-state index in [4.69, 9.17) is 20.4 Å². The minimum Gasteiger partial charge on any atom is -0.391 e. The summed E-state index contributed by atoms with van der Waals surface area (Å²) in [5.74, 6) is 0.411. The van der Waals surface area contributed by atoms with E-state index in [-0.39, 0.29) is 11.0 Å². The first-order valence-electron chi connectivity index (χ1n) is 7.48. The molecule has 1 rings (SSSR count). The minimum absolute atomic E-state index is 0.0935. The third-order valence-electron chi connectivity index (χ3n) is 4.33. The molecule has 1 aliphatic rings. The number of sulfone groups is 1. The summed E-state index contributed by atoms with van der Waals surface area (Å²) >= 11 is 0. The molecule has 0 radical (unpaired) electrons. The molecule has 1 aliphatic heterocycles. The molecule has 1 saturated heterocycles. The monoisotopic (exact) mass is 340 g/mol. The van der Waals surface area contributed by atoms with Crippen molar-refractivity contribution in [3.8, 4) is 0 Å². The Kier molecular flexibility index (Phi) is 8.71. The molecule has 1 fully saturated rings. The number of aliphatic hydroxyl groups excluding tert-OH is 4. The largest absolute Gasteiger partial charge is 0.391 e. The van der Waals surface area contributed by atoms with Gasteiger partial charge in [-0.25, -0.2) is 8.42 Å². The summed E-state index contributed by atoms with van der Waals surface area (Å²) in [5, 5.41) is 35.1. The highest BCUT2D eigenvalue weighted by Gasteiger charge is 2.44. The van der Waals surface area contributed by atoms with Crippen molar-refractivity contribution < 1.29 is 33.6 Å². The second kappa shape index (κ2) is 8.93. The Hall–Kier alpha value is -0.540. The standard InChI is InChI=1S/C8H16O2S.C6H12O5/c1-3-8(4-2)6-5-7-11(8,9)10;1-3(8)5(10)6(11)4(9)2-7/h3-7H2,1-2H3;2-6,8-11H,1H3. The van der Waals surface area contributed by atoms with E-state index in [0.717, 1.165) is 25.7 Å². The molecule has 0 aliphatic carbocycles. The maximum absolute atomic E-state index is 11.5. The first kappa shape index (κ1) is 21.5. The zero-order valence-electron chi connectivity index (χ0n) is 13.3. The summed E-state index contributed by atoms with van der Waals surface area (Å²) in [6.07, 6.45) is -2.57. The zero-order valence-corrected chi connectivity index (χ0v) is 14.2. The molecule has 0 saturated carbocycles. The highest BCUT2D eigenvalue weighted by atomic mass is 32.2. The first-order chi connectivity index (χ1) is 10.1. The van der Waals surface area contributed by atoms with Crippen LogP contribution in [0, 0.1) is 0 Å². The third-order valence-corrected chi connectivity index (χ3v) is 7.25. The maximum atomic E-state index is 11.5. The average molecular weight is 340 g/mol. The Balaban J connectivity index is 0.000000401. The van der Waals surface area contributed by atoms with Gasteiger partial charge in [-0.15, -0.1) is 0 Å². The van der Waals surface area contributed by atoms with Crippen LogP contribution in [0.5, 0.6) is 0 Å². The third kappa shape index (κ3) is 4.99. The van der Waals surface area contributed by atoms with E-state index in [2.05, 4.69) is 0 Å². The van der Waals surface area contributed by atoms with E-state index in [1.54, 1.807) is 0 Å². The smallest absolute Gasteiger partial charge is 0.155 e. The summed E-state index contributed by atoms with van der Waals surface area (Å²) in [4.78, 5) is 9.87. The molecule has 0 aromatic carbocycles. The first-order valence-corrected chi connectivity index (χ1v) is 9.13. The minimum atomic E-state index is -2.75. The summed E-state index contributed by atoms with van der Waals surface area (Å²) in [6, 6.07) is 0. The fourth-order valence-electron chi connectivity index (χ4n) is 2.57. The van der Waals surface area contributed by atoms with Gasteiger partial charge in [0, 0.05) is 0 Å². The van der Waals surface area contributed by atoms with Crippen LogP contribution in [0.15, 0.2) is 0 Å². The van der Waals surface area contributed by atoms with Gasteiger partial charge in [-0.05, 0) is 32.6 Å². The van der Waals surface area contributed by atoms with E-state index >= 15 is 0 Å². The van der Waals surface area contributed by atoms with Gasteiger partial charge in [0.25, 0.3) is 0 Å². The lowest BCUT2D eigenvalue weighted by Crippen LogP contribution is -2.43. The average Bonchev–Trinajstić information content (AvgIpc) is 2.80. The fraction of sp³-hybridized carbons (Fsp3) is 0.929. The Labute approximate surface area is 131 Å². The molecule has 0 bridgehead atoms. The molecule has 0 spiro atoms. The summed E-state index contributed by atoms with van der Waals surface area (Å²) < 4.78 is 22.7. The SMILES string of the molecule is CC(O)C(O)C(O)C(O)C=O.CCC1(CC)CCCS1(=O)=O. The van der Waals surface area contributed by atoms with E-state index in [1.165, 1.54) is 6.92 Å². The van der Waals surface area contributed by atoms with Crippen LogP contribution in [0.2, 0.25) is 0 Å². The van der Waals surface area contributed by atoms with Crippen molar-refractivity contribution in [2.75, 3.05) is 5.75 Å². The number of hydrogen-bond acceptors (Lipinski definition) is 7. The number of carbonyl (C=O) groups excluding carboxylic acids is 1. The molecule has 4 unspecified atom stereocenters. The van der Waals surface area contributed by atoms with Gasteiger partial charge in [-0.3, -0.25) is 0 Å². The number of aliphatic hydroxyl groups is 4. The van der Waals surface area contributed by atoms with Crippen LogP contribution in [-0.2, 0) is 14.6 Å². The van der Waals surface area contributed by atoms with Gasteiger partial charge in [0.15, 0.2) is 16.1 Å². The van der Waals surface area contributed by atoms with Crippen LogP contribution in [0.1, 0.15) is 46.5 Å². The Morgan fingerprint density at radius 1 is 1.09 bits per heavy atom. The van der Waals surface area contributed by atoms with E-state index < -0.39 is 34.3 Å². The molecule has 0 aromatic heterocycles. The number of carbonyl (C=O) groups is 1. The number of rotatable bonds is 6. The second-order valence-electron chi connectivity index (χ2n) is 5.66. The quantitative estimate of drug-likeness (QED) is 0.475. The van der Waals surface area contributed by atoms with Gasteiger partial charge < -0.3 is 25.2 Å². The highest BCUT2D eigenvalue weighted by Crippen LogP contribution is 2.37. The van der Waals surface area contributed by atoms with Crippen molar-refractivity contribution in [1.82, 2.24) is 0 Å². The van der Waals surface area contributed by atoms with Crippen LogP contribution in [0.25, 0.3) is 0 Å². The summed E-state index contributed by atoms with van der Waals surface area (Å²) in [6.45, 7) is 5.20. The maximum Gasteiger partial charge on any atom is 0.155 e. The molecule has 4 atom stereocenters. The molecular weight excluding hydrogens is 312 g/mol. The van der Waals surface area contributed by atoms with Gasteiger partial charge in [0.05, 0.1) is 16.6 Å². The molecule has 0 aromatic rings. The van der Waals surface area contributed by atoms with Gasteiger partial charge in [0.1, 0.15) is 18.3 Å². The predicted molar refractivity (Wildman–Crippen MR) is 82.1 cm³/mol. The van der Waals surface area contributed by atoms with Crippen molar-refractivity contribution in [2.45, 2.75) is 75.6 Å². The number of hydrogen-bond donors (Lipinski definition) is 4. The van der Waals surface area contributed by atoms with Crippen LogP contribution < -0.4 is 0 Å². The van der Waals surface area contributed by atoms with Gasteiger partial charge in [-0.2, -0.15) is 0 Å². The molecule has 132 valence electrons. The van der Waals surface area contributed by atoms with Crippen molar-refractivity contribution in [1.29, 1.82) is 0 Å². The molecule has 7 nitrogen and oxygen atoms in total. The van der Waals surface area contributed by atoms with Gasteiger partial charge in [-0.1, -0.05) is 13.8 Å². The summed E-state index contributed by atoms with van der Waals surface area (Å²) in [7, 11) is -2.75. The molecule has 8 heteroatoms. The normalized spacial score (nSPS) is 24.5. The van der Waals surface area contributed by atoms with Crippen molar-refractivity contribution >= 4 is 16.1 Å². The topological polar surface area (TPSA) is 132 Å². The van der Waals surface area contributed by atoms with Crippen LogP contribution >= 0.6 is 0 Å². The van der Waals surface area contributed by atoms with Crippen molar-refractivity contribution in [3.05, 3.63) is 0 Å². The zero-order chi connectivity index (χ0) is 17.6. The highest BCUT2D eigenvalue weighted by molar-refractivity contribution is 7.93. The van der Waals surface area contributed by atoms with Crippen molar-refractivity contribution in [3.63, 3.8) is 0 Å². The lowest BCUT2D eigenvalue weighted by molar-refractivity contribution is -0.132. The van der Waals surface area contributed by atoms with Crippen LogP contribution in [0.4, 0.5) is 0 Å². The molecule has 4 N–H and O–H groups in total. The van der Waals surface area contributed by atoms with Gasteiger partial charge >= 0.3 is 0 Å². The van der Waals surface area contributed by atoms with Crippen LogP contribution in [-0.4, -0.2) is 70.0 Å². The lowest BCUT2D eigenvalue weighted by Gasteiger charge is -2.24. The summed E-state index contributed by atoms with van der Waals surface area (Å²) in [5.41, 5.74) is 0. The van der Waals surface area contributed by atoms with E-state index in [0.29, 0.717) is 5.75 Å². The van der Waals surface area contributed by atoms with E-state index in [1.807, 2.05) is 13.8 Å². The fourth-order valence-corrected chi connectivity index (χ4v) is 4.86. The molecule has 1 heterocycles. The van der Waals surface area contributed by atoms with Crippen LogP contribution in [0.3, 0.4) is 0 Å². The van der Waals surface area contributed by atoms with Crippen molar-refractivity contribution in [2.24, 2.45) is 0 Å². The molecule has 0 amide bonds. The molecule has 22 heavy (non-hydrogen) atoms. The van der Waals surface area contributed by atoms with Gasteiger partial charge in [0.2, 0.25) is 0 Å². The lowest BCUT2D eigenvalue weighted by atomic mass is 9.97. The Morgan fingerprint density at radius 2 is 1.59 bits per heavy atom. The van der Waals surface area contributed by atoms with E-state index in [9.17, 15) is 13.2 Å². The Bertz CT molecular complexity index is 428. The number of aldehydes is 1. The second-order valence-corrected chi connectivity index (χ2v) is 8.16. The Morgan fingerprint density at radius 3 is 1.82 bits per heavy atom. The molecular formula is C14H28O7S. The predicted octanol–water partition coefficient (Wildman–Crippen LogP) is -0.597.